The summed E-state index contributed by atoms with van der Waals surface area (Å²) in [4.78, 5) is 28.4. The number of hydrogen-bond acceptors (Lipinski definition) is 6. The molecule has 0 unspecified atom stereocenters. The lowest BCUT2D eigenvalue weighted by Crippen LogP contribution is -2.20. The first-order valence-corrected chi connectivity index (χ1v) is 9.27. The van der Waals surface area contributed by atoms with Crippen LogP contribution in [0.3, 0.4) is 0 Å². The summed E-state index contributed by atoms with van der Waals surface area (Å²) in [6.07, 6.45) is 0.654. The van der Waals surface area contributed by atoms with Crippen LogP contribution in [0.1, 0.15) is 15.2 Å². The number of ether oxygens (including phenoxy) is 2. The van der Waals surface area contributed by atoms with Crippen molar-refractivity contribution in [1.29, 1.82) is 0 Å². The Morgan fingerprint density at radius 1 is 1.21 bits per heavy atom. The first-order valence-electron chi connectivity index (χ1n) is 8.46. The van der Waals surface area contributed by atoms with Crippen LogP contribution < -0.4 is 14.8 Å². The van der Waals surface area contributed by atoms with Gasteiger partial charge in [-0.1, -0.05) is 12.1 Å². The minimum absolute atomic E-state index is 0.0536. The van der Waals surface area contributed by atoms with Crippen molar-refractivity contribution in [3.05, 3.63) is 59.0 Å². The van der Waals surface area contributed by atoms with Gasteiger partial charge in [-0.3, -0.25) is 14.9 Å². The summed E-state index contributed by atoms with van der Waals surface area (Å²) in [5.74, 6) is -0.0515. The molecule has 3 aromatic rings. The van der Waals surface area contributed by atoms with Gasteiger partial charge in [-0.05, 0) is 43.3 Å². The number of benzene rings is 2. The third-order valence-corrected chi connectivity index (χ3v) is 4.69. The van der Waals surface area contributed by atoms with Crippen LogP contribution in [0.5, 0.6) is 11.5 Å². The Bertz CT molecular complexity index is 1010. The number of amides is 1. The zero-order chi connectivity index (χ0) is 20.8. The maximum absolute atomic E-state index is 12.2. The number of nitrogens with one attached hydrogen (secondary N) is 1. The molecule has 0 fully saturated rings. The molecule has 0 spiro atoms. The van der Waals surface area contributed by atoms with Gasteiger partial charge in [0.1, 0.15) is 11.5 Å². The summed E-state index contributed by atoms with van der Waals surface area (Å²) >= 11 is 1.28. The summed E-state index contributed by atoms with van der Waals surface area (Å²) in [6, 6.07) is 12.7. The predicted molar refractivity (Wildman–Crippen MR) is 105 cm³/mol. The van der Waals surface area contributed by atoms with E-state index >= 15 is 0 Å². The molecule has 29 heavy (non-hydrogen) atoms. The van der Waals surface area contributed by atoms with Crippen molar-refractivity contribution in [3.63, 3.8) is 0 Å². The third-order valence-electron chi connectivity index (χ3n) is 3.80. The number of halogens is 2. The minimum atomic E-state index is -2.88. The van der Waals surface area contributed by atoms with Crippen LogP contribution in [0, 0.1) is 6.92 Å². The van der Waals surface area contributed by atoms with Crippen molar-refractivity contribution in [2.45, 2.75) is 13.5 Å². The van der Waals surface area contributed by atoms with Crippen LogP contribution >= 0.6 is 11.3 Å². The lowest BCUT2D eigenvalue weighted by Gasteiger charge is -2.07. The fourth-order valence-electron chi connectivity index (χ4n) is 2.52. The molecule has 150 valence electrons. The van der Waals surface area contributed by atoms with Crippen LogP contribution in [0.15, 0.2) is 48.5 Å². The monoisotopic (exact) mass is 418 g/mol. The maximum atomic E-state index is 12.2. The average Bonchev–Trinajstić information content (AvgIpc) is 3.06. The molecule has 0 aliphatic heterocycles. The highest BCUT2D eigenvalue weighted by molar-refractivity contribution is 7.16. The second kappa shape index (κ2) is 9.24. The molecule has 6 nitrogen and oxygen atoms in total. The van der Waals surface area contributed by atoms with Gasteiger partial charge >= 0.3 is 6.61 Å². The highest BCUT2D eigenvalue weighted by atomic mass is 32.1. The molecular weight excluding hydrogens is 402 g/mol. The number of aromatic nitrogens is 1. The summed E-state index contributed by atoms with van der Waals surface area (Å²) in [6.45, 7) is -1.33. The molecular formula is C20H16F2N2O4S. The zero-order valence-electron chi connectivity index (χ0n) is 15.2. The molecule has 2 aromatic carbocycles. The fraction of sp³-hybridized carbons (Fsp3) is 0.150. The van der Waals surface area contributed by atoms with Crippen LogP contribution in [0.4, 0.5) is 13.9 Å². The van der Waals surface area contributed by atoms with Crippen molar-refractivity contribution in [2.24, 2.45) is 0 Å². The summed E-state index contributed by atoms with van der Waals surface area (Å²) < 4.78 is 34.2. The molecule has 1 heterocycles. The number of aryl methyl sites for hydroxylation is 1. The smallest absolute Gasteiger partial charge is 0.387 e. The number of nitrogens with zero attached hydrogens (tertiary/aromatic N) is 1. The van der Waals surface area contributed by atoms with E-state index in [1.165, 1.54) is 23.5 Å². The quantitative estimate of drug-likeness (QED) is 0.543. The van der Waals surface area contributed by atoms with E-state index in [4.69, 9.17) is 4.74 Å². The van der Waals surface area contributed by atoms with E-state index < -0.39 is 12.5 Å². The number of anilines is 1. The lowest BCUT2D eigenvalue weighted by molar-refractivity contribution is -0.118. The molecule has 3 rings (SSSR count). The normalized spacial score (nSPS) is 10.6. The second-order valence-electron chi connectivity index (χ2n) is 5.82. The fourth-order valence-corrected chi connectivity index (χ4v) is 3.37. The van der Waals surface area contributed by atoms with Crippen LogP contribution in [0.25, 0.3) is 11.3 Å². The highest BCUT2D eigenvalue weighted by Gasteiger charge is 2.14. The number of carbonyl (C=O) groups excluding carboxylic acids is 2. The Morgan fingerprint density at radius 3 is 2.62 bits per heavy atom. The zero-order valence-corrected chi connectivity index (χ0v) is 16.0. The molecule has 0 atom stereocenters. The van der Waals surface area contributed by atoms with Crippen molar-refractivity contribution in [1.82, 2.24) is 4.98 Å². The molecule has 0 aliphatic rings. The van der Waals surface area contributed by atoms with Crippen molar-refractivity contribution < 1.29 is 27.8 Å². The van der Waals surface area contributed by atoms with Gasteiger partial charge in [0.2, 0.25) is 0 Å². The first-order chi connectivity index (χ1) is 14.0. The van der Waals surface area contributed by atoms with Crippen molar-refractivity contribution in [2.75, 3.05) is 11.9 Å². The summed E-state index contributed by atoms with van der Waals surface area (Å²) in [5, 5.41) is 3.03. The molecule has 1 amide bonds. The topological polar surface area (TPSA) is 77.5 Å². The second-order valence-corrected chi connectivity index (χ2v) is 7.02. The molecule has 1 N–H and O–H groups in total. The van der Waals surface area contributed by atoms with Crippen LogP contribution in [-0.4, -0.2) is 30.4 Å². The number of aldehydes is 1. The van der Waals surface area contributed by atoms with Gasteiger partial charge in [0.25, 0.3) is 5.91 Å². The first kappa shape index (κ1) is 20.4. The Labute approximate surface area is 169 Å². The Morgan fingerprint density at radius 2 is 1.93 bits per heavy atom. The molecule has 0 radical (unpaired) electrons. The number of carbonyl (C=O) groups is 2. The van der Waals surface area contributed by atoms with E-state index in [1.807, 2.05) is 6.92 Å². The standard InChI is InChI=1S/C20H16F2N2O4S/c1-12-18(13-6-8-15(9-7-13)28-19(21)22)24-20(29-12)23-17(26)11-27-16-5-3-2-4-14(16)10-25/h2-10,19H,11H2,1H3,(H,23,24,26). The van der Waals surface area contributed by atoms with E-state index in [0.29, 0.717) is 34.0 Å². The molecule has 1 aromatic heterocycles. The van der Waals surface area contributed by atoms with Crippen molar-refractivity contribution >= 4 is 28.7 Å². The average molecular weight is 418 g/mol. The van der Waals surface area contributed by atoms with E-state index in [9.17, 15) is 18.4 Å². The largest absolute Gasteiger partial charge is 0.483 e. The van der Waals surface area contributed by atoms with Gasteiger partial charge < -0.3 is 9.47 Å². The predicted octanol–water partition coefficient (Wildman–Crippen LogP) is 4.55. The van der Waals surface area contributed by atoms with Gasteiger partial charge in [0, 0.05) is 10.4 Å². The van der Waals surface area contributed by atoms with Gasteiger partial charge in [-0.15, -0.1) is 11.3 Å². The number of rotatable bonds is 8. The van der Waals surface area contributed by atoms with Crippen LogP contribution in [0.2, 0.25) is 0 Å². The lowest BCUT2D eigenvalue weighted by atomic mass is 10.1. The minimum Gasteiger partial charge on any atom is -0.483 e. The van der Waals surface area contributed by atoms with E-state index in [1.54, 1.807) is 36.4 Å². The molecule has 0 aliphatic carbocycles. The molecule has 9 heteroatoms. The molecule has 0 saturated carbocycles. The van der Waals surface area contributed by atoms with Gasteiger partial charge in [-0.2, -0.15) is 8.78 Å². The Hall–Kier alpha value is -3.33. The molecule has 0 saturated heterocycles. The Kier molecular flexibility index (Phi) is 6.50. The highest BCUT2D eigenvalue weighted by Crippen LogP contribution is 2.31. The number of thiazole rings is 1. The van der Waals surface area contributed by atoms with Crippen molar-refractivity contribution in [3.8, 4) is 22.8 Å². The van der Waals surface area contributed by atoms with Gasteiger partial charge in [-0.25, -0.2) is 4.98 Å². The third kappa shape index (κ3) is 5.35. The van der Waals surface area contributed by atoms with E-state index in [2.05, 4.69) is 15.0 Å². The van der Waals surface area contributed by atoms with Gasteiger partial charge in [0.15, 0.2) is 18.0 Å². The van der Waals surface area contributed by atoms with E-state index in [0.717, 1.165) is 4.88 Å². The number of para-hydroxylation sites is 1. The van der Waals surface area contributed by atoms with Gasteiger partial charge in [0.05, 0.1) is 11.3 Å². The van der Waals surface area contributed by atoms with E-state index in [-0.39, 0.29) is 12.4 Å². The number of hydrogen-bond donors (Lipinski definition) is 1. The SMILES string of the molecule is Cc1sc(NC(=O)COc2ccccc2C=O)nc1-c1ccc(OC(F)F)cc1. The Balaban J connectivity index is 1.64. The maximum Gasteiger partial charge on any atom is 0.387 e. The van der Waals surface area contributed by atoms with Crippen LogP contribution in [-0.2, 0) is 4.79 Å². The summed E-state index contributed by atoms with van der Waals surface area (Å²) in [7, 11) is 0. The summed E-state index contributed by atoms with van der Waals surface area (Å²) in [5.41, 5.74) is 1.69. The molecule has 0 bridgehead atoms. The number of alkyl halides is 2.